The number of anilines is 1. The third kappa shape index (κ3) is 10.5. The molecule has 5 N–H and O–H groups in total. The van der Waals surface area contributed by atoms with Crippen molar-refractivity contribution in [1.29, 1.82) is 0 Å². The number of benzene rings is 1. The Morgan fingerprint density at radius 1 is 1.21 bits per heavy atom. The van der Waals surface area contributed by atoms with E-state index < -0.39 is 41.8 Å². The molecule has 47 heavy (non-hydrogen) atoms. The van der Waals surface area contributed by atoms with Gasteiger partial charge >= 0.3 is 5.97 Å². The Morgan fingerprint density at radius 2 is 1.96 bits per heavy atom. The van der Waals surface area contributed by atoms with Gasteiger partial charge in [-0.3, -0.25) is 14.4 Å². The lowest BCUT2D eigenvalue weighted by atomic mass is 9.87. The van der Waals surface area contributed by atoms with Gasteiger partial charge in [0.15, 0.2) is 0 Å². The largest absolute Gasteiger partial charge is 0.459 e. The fraction of sp³-hybridized carbons (Fsp3) is 0.571. The van der Waals surface area contributed by atoms with Gasteiger partial charge < -0.3 is 40.4 Å². The first-order chi connectivity index (χ1) is 22.2. The molecule has 3 saturated heterocycles. The normalized spacial score (nSPS) is 31.6. The number of ether oxygens (including phenoxy) is 4. The van der Waals surface area contributed by atoms with Crippen LogP contribution < -0.4 is 16.4 Å². The summed E-state index contributed by atoms with van der Waals surface area (Å²) in [7, 11) is 0. The van der Waals surface area contributed by atoms with Gasteiger partial charge in [-0.2, -0.15) is 0 Å². The van der Waals surface area contributed by atoms with Crippen LogP contribution in [0.2, 0.25) is 0 Å². The average Bonchev–Trinajstić information content (AvgIpc) is 3.78. The lowest BCUT2D eigenvalue weighted by molar-refractivity contribution is -0.145. The van der Waals surface area contributed by atoms with Crippen molar-refractivity contribution >= 4 is 23.5 Å². The van der Waals surface area contributed by atoms with Crippen molar-refractivity contribution < 1.29 is 42.8 Å². The molecule has 1 aromatic carbocycles. The minimum Gasteiger partial charge on any atom is -0.459 e. The Balaban J connectivity index is 1.26. The van der Waals surface area contributed by atoms with Crippen molar-refractivity contribution in [3.63, 3.8) is 0 Å². The van der Waals surface area contributed by atoms with E-state index in [0.29, 0.717) is 30.7 Å². The molecule has 258 valence electrons. The van der Waals surface area contributed by atoms with Crippen LogP contribution in [0, 0.1) is 11.7 Å². The maximum Gasteiger partial charge on any atom is 0.303 e. The van der Waals surface area contributed by atoms with Crippen LogP contribution in [0.15, 0.2) is 54.2 Å². The average molecular weight is 658 g/mol. The number of epoxide rings is 1. The number of hydrogen-bond acceptors (Lipinski definition) is 9. The molecule has 1 unspecified atom stereocenters. The van der Waals surface area contributed by atoms with E-state index in [2.05, 4.69) is 23.6 Å². The molecule has 11 nitrogen and oxygen atoms in total. The Hall–Kier alpha value is -3.58. The molecule has 3 fully saturated rings. The number of carbonyl (C=O) groups is 3. The van der Waals surface area contributed by atoms with Crippen LogP contribution in [0.5, 0.6) is 0 Å². The molecule has 3 aliphatic rings. The van der Waals surface area contributed by atoms with Gasteiger partial charge in [0.25, 0.3) is 0 Å². The van der Waals surface area contributed by atoms with Crippen molar-refractivity contribution in [2.75, 3.05) is 12.3 Å². The van der Waals surface area contributed by atoms with Crippen molar-refractivity contribution in [1.82, 2.24) is 10.6 Å². The van der Waals surface area contributed by atoms with Gasteiger partial charge in [-0.1, -0.05) is 30.7 Å². The van der Waals surface area contributed by atoms with Gasteiger partial charge in [0, 0.05) is 37.2 Å². The Bertz CT molecular complexity index is 1380. The number of aliphatic hydroxyl groups is 1. The zero-order chi connectivity index (χ0) is 34.3. The summed E-state index contributed by atoms with van der Waals surface area (Å²) >= 11 is 0. The number of allylic oxidation sites excluding steroid dienone is 2. The fourth-order valence-corrected chi connectivity index (χ4v) is 6.09. The van der Waals surface area contributed by atoms with Crippen molar-refractivity contribution in [3.8, 4) is 0 Å². The highest BCUT2D eigenvalue weighted by Gasteiger charge is 2.58. The van der Waals surface area contributed by atoms with E-state index in [-0.39, 0.29) is 48.9 Å². The molecule has 0 bridgehead atoms. The molecule has 4 rings (SSSR count). The topological polar surface area (TPSA) is 162 Å². The number of nitrogen functional groups attached to an aromatic ring is 1. The molecule has 0 aromatic heterocycles. The molecule has 3 heterocycles. The number of amides is 2. The molecule has 0 radical (unpaired) electrons. The molecule has 3 aliphatic heterocycles. The summed E-state index contributed by atoms with van der Waals surface area (Å²) in [5.74, 6) is -1.23. The number of esters is 1. The number of nitrogens with two attached hydrogens (primary N) is 1. The highest BCUT2D eigenvalue weighted by Crippen LogP contribution is 2.43. The monoisotopic (exact) mass is 657 g/mol. The van der Waals surface area contributed by atoms with E-state index in [0.717, 1.165) is 12.0 Å². The maximum absolute atomic E-state index is 14.0. The van der Waals surface area contributed by atoms with Crippen LogP contribution in [0.4, 0.5) is 10.1 Å². The van der Waals surface area contributed by atoms with E-state index in [9.17, 15) is 23.9 Å². The lowest BCUT2D eigenvalue weighted by Gasteiger charge is -2.39. The third-order valence-electron chi connectivity index (χ3n) is 8.88. The lowest BCUT2D eigenvalue weighted by Crippen LogP contribution is -2.50. The Morgan fingerprint density at radius 3 is 2.66 bits per heavy atom. The van der Waals surface area contributed by atoms with Gasteiger partial charge in [-0.25, -0.2) is 4.39 Å². The van der Waals surface area contributed by atoms with Crippen LogP contribution in [0.25, 0.3) is 0 Å². The molecule has 1 aromatic rings. The molecule has 1 spiro atoms. The fourth-order valence-electron chi connectivity index (χ4n) is 6.09. The minimum absolute atomic E-state index is 0.00706. The van der Waals surface area contributed by atoms with E-state index in [1.165, 1.54) is 37.3 Å². The van der Waals surface area contributed by atoms with Gasteiger partial charge in [0.1, 0.15) is 29.7 Å². The summed E-state index contributed by atoms with van der Waals surface area (Å²) in [6, 6.07) is 4.07. The van der Waals surface area contributed by atoms with Crippen molar-refractivity contribution in [2.24, 2.45) is 5.92 Å². The Kier molecular flexibility index (Phi) is 12.4. The Labute approximate surface area is 275 Å². The van der Waals surface area contributed by atoms with Crippen molar-refractivity contribution in [3.05, 3.63) is 65.5 Å². The number of halogens is 1. The van der Waals surface area contributed by atoms with Crippen molar-refractivity contribution in [2.45, 2.75) is 115 Å². The number of aliphatic hydroxyl groups excluding tert-OH is 1. The van der Waals surface area contributed by atoms with Gasteiger partial charge in [0.05, 0.1) is 37.4 Å². The smallest absolute Gasteiger partial charge is 0.303 e. The van der Waals surface area contributed by atoms with Crippen LogP contribution >= 0.6 is 0 Å². The summed E-state index contributed by atoms with van der Waals surface area (Å²) in [5.41, 5.74) is 6.67. The third-order valence-corrected chi connectivity index (χ3v) is 8.88. The van der Waals surface area contributed by atoms with Crippen LogP contribution in [0.3, 0.4) is 0 Å². The highest BCUT2D eigenvalue weighted by molar-refractivity contribution is 5.87. The van der Waals surface area contributed by atoms with Gasteiger partial charge in [-0.05, 0) is 63.8 Å². The molecule has 2 amide bonds. The zero-order valence-corrected chi connectivity index (χ0v) is 27.7. The van der Waals surface area contributed by atoms with E-state index >= 15 is 0 Å². The van der Waals surface area contributed by atoms with Crippen LogP contribution in [-0.4, -0.2) is 77.8 Å². The maximum atomic E-state index is 14.0. The highest BCUT2D eigenvalue weighted by atomic mass is 19.1. The quantitative estimate of drug-likeness (QED) is 0.0868. The SMILES string of the molecule is CC(=O)OC(C)/C=C\C(=O)N[C@@H]1C[C@H](C)[C@H](C/C=C(C)/C=C/[C@H]2O[C@H](CC(=O)NCc3cc(N)ccc3F)C[C@@]3(CO3)[C@@H]2O)O[C@@H]1C. The first-order valence-electron chi connectivity index (χ1n) is 16.2. The molecule has 0 saturated carbocycles. The molecular weight excluding hydrogens is 609 g/mol. The van der Waals surface area contributed by atoms with E-state index in [1.54, 1.807) is 13.0 Å². The predicted molar refractivity (Wildman–Crippen MR) is 173 cm³/mol. The number of nitrogens with one attached hydrogen (secondary N) is 2. The molecule has 9 atom stereocenters. The summed E-state index contributed by atoms with van der Waals surface area (Å²) in [5, 5.41) is 16.7. The van der Waals surface area contributed by atoms with Crippen LogP contribution in [0.1, 0.15) is 65.9 Å². The second-order valence-electron chi connectivity index (χ2n) is 13.0. The van der Waals surface area contributed by atoms with E-state index in [4.69, 9.17) is 24.7 Å². The van der Waals surface area contributed by atoms with E-state index in [1.807, 2.05) is 19.9 Å². The second-order valence-corrected chi connectivity index (χ2v) is 13.0. The number of rotatable bonds is 12. The van der Waals surface area contributed by atoms with Crippen LogP contribution in [-0.2, 0) is 39.9 Å². The molecular formula is C35H48FN3O8. The minimum atomic E-state index is -0.873. The van der Waals surface area contributed by atoms with Gasteiger partial charge in [-0.15, -0.1) is 0 Å². The summed E-state index contributed by atoms with van der Waals surface area (Å²) in [6.45, 7) is 9.40. The van der Waals surface area contributed by atoms with Gasteiger partial charge in [0.2, 0.25) is 11.8 Å². The number of hydrogen-bond donors (Lipinski definition) is 4. The molecule has 0 aliphatic carbocycles. The second kappa shape index (κ2) is 16.0. The molecule has 12 heteroatoms. The number of carbonyl (C=O) groups excluding carboxylic acids is 3. The predicted octanol–water partition coefficient (Wildman–Crippen LogP) is 3.40. The summed E-state index contributed by atoms with van der Waals surface area (Å²) in [4.78, 5) is 36.2. The zero-order valence-electron chi connectivity index (χ0n) is 27.7. The standard InChI is InChI=1S/C35H48FN3O8/c1-20(6-11-30-21(2)14-29(23(4)46-30)39-32(41)13-8-22(3)45-24(5)40)7-12-31-34(43)35(19-44-35)17-27(47-31)16-33(42)38-18-25-15-26(37)9-10-28(25)36/h6-10,12-13,15,21-23,27,29-31,34,43H,11,14,16-19,37H2,1-5H3,(H,38,42)(H,39,41)/b12-7+,13-8-,20-6+/t21-,22?,23+,27+,29+,30-,31+,34+,35+/m0/s1. The first kappa shape index (κ1) is 36.3. The summed E-state index contributed by atoms with van der Waals surface area (Å²) < 4.78 is 37.1. The first-order valence-corrected chi connectivity index (χ1v) is 16.2. The summed E-state index contributed by atoms with van der Waals surface area (Å²) in [6.07, 6.45) is 7.77.